The number of anilines is 1. The Hall–Kier alpha value is -2.80. The lowest BCUT2D eigenvalue weighted by Gasteiger charge is -2.44. The van der Waals surface area contributed by atoms with E-state index in [1.54, 1.807) is 0 Å². The zero-order valence-electron chi connectivity index (χ0n) is 23.9. The van der Waals surface area contributed by atoms with Crippen molar-refractivity contribution in [3.05, 3.63) is 64.9 Å². The number of piperazine rings is 1. The molecule has 8 heteroatoms. The van der Waals surface area contributed by atoms with Gasteiger partial charge in [0, 0.05) is 63.1 Å². The van der Waals surface area contributed by atoms with Crippen molar-refractivity contribution in [3.8, 4) is 0 Å². The lowest BCUT2D eigenvalue weighted by Crippen LogP contribution is -2.54. The molecule has 6 rings (SSSR count). The summed E-state index contributed by atoms with van der Waals surface area (Å²) in [7, 11) is 0. The summed E-state index contributed by atoms with van der Waals surface area (Å²) in [5.41, 5.74) is 1.75. The summed E-state index contributed by atoms with van der Waals surface area (Å²) in [6, 6.07) is 14.7. The second-order valence-electron chi connectivity index (χ2n) is 12.5. The Kier molecular flexibility index (Phi) is 8.43. The van der Waals surface area contributed by atoms with Crippen LogP contribution >= 0.6 is 11.6 Å². The molecule has 3 aliphatic heterocycles. The Labute approximate surface area is 248 Å². The topological polar surface area (TPSA) is 47.1 Å². The number of rotatable bonds is 4. The fraction of sp³-hybridized carbons (Fsp3) is 0.576. The molecule has 2 aromatic rings. The Morgan fingerprint density at radius 1 is 0.683 bits per heavy atom. The number of hydrogen-bond donors (Lipinski definition) is 0. The van der Waals surface area contributed by atoms with E-state index >= 15 is 0 Å². The van der Waals surface area contributed by atoms with Gasteiger partial charge in [-0.05, 0) is 92.3 Å². The molecule has 41 heavy (non-hydrogen) atoms. The number of piperidine rings is 2. The highest BCUT2D eigenvalue weighted by Gasteiger charge is 2.46. The Bertz CT molecular complexity index is 1190. The van der Waals surface area contributed by atoms with E-state index in [9.17, 15) is 14.0 Å². The summed E-state index contributed by atoms with van der Waals surface area (Å²) in [4.78, 5) is 35.5. The molecule has 6 nitrogen and oxygen atoms in total. The molecule has 4 fully saturated rings. The summed E-state index contributed by atoms with van der Waals surface area (Å²) in [6.07, 6.45) is 8.29. The third kappa shape index (κ3) is 5.93. The molecule has 0 bridgehead atoms. The van der Waals surface area contributed by atoms with Gasteiger partial charge in [-0.15, -0.1) is 0 Å². The van der Waals surface area contributed by atoms with Crippen molar-refractivity contribution in [2.45, 2.75) is 56.8 Å². The van der Waals surface area contributed by atoms with Crippen molar-refractivity contribution in [1.29, 1.82) is 0 Å². The molecule has 0 spiro atoms. The lowest BCUT2D eigenvalue weighted by molar-refractivity contribution is -0.139. The van der Waals surface area contributed by atoms with Crippen LogP contribution < -0.4 is 4.90 Å². The molecule has 3 saturated heterocycles. The van der Waals surface area contributed by atoms with Gasteiger partial charge >= 0.3 is 6.03 Å². The predicted molar refractivity (Wildman–Crippen MR) is 161 cm³/mol. The predicted octanol–water partition coefficient (Wildman–Crippen LogP) is 6.18. The van der Waals surface area contributed by atoms with Crippen LogP contribution in [0.4, 0.5) is 14.9 Å². The molecule has 2 aromatic carbocycles. The first-order chi connectivity index (χ1) is 19.9. The number of carbonyl (C=O) groups excluding carboxylic acids is 2. The second kappa shape index (κ2) is 12.2. The van der Waals surface area contributed by atoms with Gasteiger partial charge in [0.25, 0.3) is 0 Å². The van der Waals surface area contributed by atoms with E-state index in [1.165, 1.54) is 12.1 Å². The van der Waals surface area contributed by atoms with E-state index in [0.29, 0.717) is 35.9 Å². The minimum absolute atomic E-state index is 0.159. The van der Waals surface area contributed by atoms with E-state index in [0.717, 1.165) is 102 Å². The molecule has 0 atom stereocenters. The highest BCUT2D eigenvalue weighted by atomic mass is 35.5. The minimum Gasteiger partial charge on any atom is -0.368 e. The summed E-state index contributed by atoms with van der Waals surface area (Å²) >= 11 is 6.15. The summed E-state index contributed by atoms with van der Waals surface area (Å²) in [6.45, 7) is 6.25. The zero-order chi connectivity index (χ0) is 28.4. The van der Waals surface area contributed by atoms with Crippen molar-refractivity contribution >= 4 is 29.2 Å². The molecular formula is C33H42ClFN4O2. The fourth-order valence-electron chi connectivity index (χ4n) is 7.82. The number of nitrogens with zero attached hydrogens (tertiary/aromatic N) is 4. The summed E-state index contributed by atoms with van der Waals surface area (Å²) < 4.78 is 13.3. The number of hydrogen-bond acceptors (Lipinski definition) is 3. The smallest absolute Gasteiger partial charge is 0.320 e. The summed E-state index contributed by atoms with van der Waals surface area (Å²) in [5.74, 6) is 1.35. The van der Waals surface area contributed by atoms with Crippen LogP contribution in [0.2, 0.25) is 5.02 Å². The third-order valence-electron chi connectivity index (χ3n) is 10.3. The van der Waals surface area contributed by atoms with Crippen molar-refractivity contribution < 1.29 is 14.0 Å². The quantitative estimate of drug-likeness (QED) is 0.434. The number of likely N-dealkylation sites (tertiary alicyclic amines) is 2. The van der Waals surface area contributed by atoms with Gasteiger partial charge in [-0.1, -0.05) is 36.6 Å². The number of urea groups is 1. The van der Waals surface area contributed by atoms with Crippen molar-refractivity contribution in [3.63, 3.8) is 0 Å². The van der Waals surface area contributed by atoms with E-state index in [-0.39, 0.29) is 17.3 Å². The highest BCUT2D eigenvalue weighted by Crippen LogP contribution is 2.44. The average molecular weight is 581 g/mol. The van der Waals surface area contributed by atoms with Gasteiger partial charge in [0.1, 0.15) is 5.82 Å². The van der Waals surface area contributed by atoms with Gasteiger partial charge in [0.05, 0.1) is 5.41 Å². The van der Waals surface area contributed by atoms with Crippen LogP contribution in [0, 0.1) is 17.7 Å². The number of amides is 3. The molecule has 0 N–H and O–H groups in total. The first kappa shape index (κ1) is 28.3. The monoisotopic (exact) mass is 580 g/mol. The molecule has 0 radical (unpaired) electrons. The molecule has 3 heterocycles. The normalized spacial score (nSPS) is 22.3. The number of benzene rings is 2. The van der Waals surface area contributed by atoms with Crippen LogP contribution in [-0.2, 0) is 10.2 Å². The second-order valence-corrected chi connectivity index (χ2v) is 12.9. The number of carbonyl (C=O) groups is 2. The molecule has 1 saturated carbocycles. The minimum atomic E-state index is -0.381. The Morgan fingerprint density at radius 3 is 1.76 bits per heavy atom. The first-order valence-electron chi connectivity index (χ1n) is 15.5. The van der Waals surface area contributed by atoms with Crippen molar-refractivity contribution in [2.75, 3.05) is 57.3 Å². The third-order valence-corrected chi connectivity index (χ3v) is 10.6. The lowest BCUT2D eigenvalue weighted by atomic mass is 9.75. The molecule has 0 unspecified atom stereocenters. The zero-order valence-corrected chi connectivity index (χ0v) is 24.7. The van der Waals surface area contributed by atoms with Crippen LogP contribution in [-0.4, -0.2) is 79.0 Å². The van der Waals surface area contributed by atoms with Gasteiger partial charge in [-0.2, -0.15) is 0 Å². The largest absolute Gasteiger partial charge is 0.368 e. The van der Waals surface area contributed by atoms with Gasteiger partial charge in [0.15, 0.2) is 0 Å². The Morgan fingerprint density at radius 2 is 1.20 bits per heavy atom. The molecule has 0 aromatic heterocycles. The molecule has 3 amide bonds. The van der Waals surface area contributed by atoms with Gasteiger partial charge < -0.3 is 19.6 Å². The van der Waals surface area contributed by atoms with Crippen LogP contribution in [0.15, 0.2) is 48.5 Å². The van der Waals surface area contributed by atoms with Gasteiger partial charge in [0.2, 0.25) is 5.91 Å². The van der Waals surface area contributed by atoms with Crippen LogP contribution in [0.1, 0.15) is 56.9 Å². The van der Waals surface area contributed by atoms with Crippen LogP contribution in [0.3, 0.4) is 0 Å². The summed E-state index contributed by atoms with van der Waals surface area (Å²) in [5, 5.41) is 0.715. The van der Waals surface area contributed by atoms with E-state index in [1.807, 2.05) is 34.1 Å². The average Bonchev–Trinajstić information content (AvgIpc) is 3.53. The maximum Gasteiger partial charge on any atom is 0.320 e. The van der Waals surface area contributed by atoms with Crippen molar-refractivity contribution in [1.82, 2.24) is 14.7 Å². The van der Waals surface area contributed by atoms with Crippen LogP contribution in [0.25, 0.3) is 0 Å². The molecular weight excluding hydrogens is 539 g/mol. The fourth-order valence-corrected chi connectivity index (χ4v) is 7.95. The standard InChI is InChI=1S/C33H42ClFN4O2/c34-28-5-3-27(4-6-28)33(15-1-2-16-33)31(40)37-17-11-25(12-18-37)26-13-19-38(20-14-26)32(41)39-23-21-36(22-24-39)30-9-7-29(35)8-10-30/h3-10,25-26H,1-2,11-24H2. The molecule has 1 aliphatic carbocycles. The van der Waals surface area contributed by atoms with E-state index in [4.69, 9.17) is 11.6 Å². The van der Waals surface area contributed by atoms with Gasteiger partial charge in [-0.25, -0.2) is 9.18 Å². The SMILES string of the molecule is O=C(N1CCC(C2CCN(C(=O)C3(c4ccc(Cl)cc4)CCCC3)CC2)CC1)N1CCN(c2ccc(F)cc2)CC1. The molecule has 220 valence electrons. The first-order valence-corrected chi connectivity index (χ1v) is 15.9. The maximum atomic E-state index is 13.9. The van der Waals surface area contributed by atoms with E-state index < -0.39 is 0 Å². The van der Waals surface area contributed by atoms with Crippen molar-refractivity contribution in [2.24, 2.45) is 11.8 Å². The van der Waals surface area contributed by atoms with Crippen LogP contribution in [0.5, 0.6) is 0 Å². The highest BCUT2D eigenvalue weighted by molar-refractivity contribution is 6.30. The maximum absolute atomic E-state index is 13.9. The molecule has 4 aliphatic rings. The van der Waals surface area contributed by atoms with E-state index in [2.05, 4.69) is 21.9 Å². The van der Waals surface area contributed by atoms with Gasteiger partial charge in [-0.3, -0.25) is 4.79 Å². The Balaban J connectivity index is 0.967. The number of halogens is 2.